The maximum Gasteiger partial charge on any atom is 0.418 e. The summed E-state index contributed by atoms with van der Waals surface area (Å²) in [5.74, 6) is 0.240. The lowest BCUT2D eigenvalue weighted by Gasteiger charge is -2.34. The van der Waals surface area contributed by atoms with Crippen molar-refractivity contribution in [3.63, 3.8) is 0 Å². The van der Waals surface area contributed by atoms with Crippen LogP contribution in [0.3, 0.4) is 0 Å². The number of nitrogens with zero attached hydrogens (tertiary/aromatic N) is 13. The molecule has 4 aromatic heterocycles. The summed E-state index contributed by atoms with van der Waals surface area (Å²) in [6.45, 7) is 11.5. The zero-order valence-corrected chi connectivity index (χ0v) is 47.0. The van der Waals surface area contributed by atoms with Crippen LogP contribution in [0.25, 0.3) is 22.4 Å². The first kappa shape index (κ1) is 57.6. The van der Waals surface area contributed by atoms with E-state index in [1.165, 1.54) is 60.4 Å². The molecule has 436 valence electrons. The molecule has 3 atom stereocenters. The molecule has 2 radical (unpaired) electrons. The monoisotopic (exact) mass is 1150 g/mol. The Bertz CT molecular complexity index is 3760. The van der Waals surface area contributed by atoms with Gasteiger partial charge in [-0.2, -0.15) is 31.6 Å². The zero-order valence-electron chi connectivity index (χ0n) is 47.0. The van der Waals surface area contributed by atoms with Crippen LogP contribution in [0.15, 0.2) is 103 Å². The largest absolute Gasteiger partial charge is 0.418 e. The maximum absolute atomic E-state index is 15.1. The number of hydrogen-bond acceptors (Lipinski definition) is 10. The molecule has 13 rings (SSSR count). The Hall–Kier alpha value is -7.16. The molecule has 6 aromatic rings. The van der Waals surface area contributed by atoms with Crippen LogP contribution in [-0.2, 0) is 30.2 Å². The third-order valence-electron chi connectivity index (χ3n) is 17.4. The minimum Gasteiger partial charge on any atom is -0.376 e. The van der Waals surface area contributed by atoms with Crippen molar-refractivity contribution in [1.82, 2.24) is 27.7 Å². The summed E-state index contributed by atoms with van der Waals surface area (Å²) in [6, 6.07) is 13.8. The molecule has 2 saturated heterocycles. The van der Waals surface area contributed by atoms with Gasteiger partial charge in [0.2, 0.25) is 0 Å². The van der Waals surface area contributed by atoms with Gasteiger partial charge in [-0.1, -0.05) is 26.7 Å². The molecule has 3 saturated carbocycles. The van der Waals surface area contributed by atoms with E-state index in [0.29, 0.717) is 65.4 Å². The Morgan fingerprint density at radius 2 is 1.30 bits per heavy atom. The molecular weight excluding hydrogens is 1080 g/mol. The summed E-state index contributed by atoms with van der Waals surface area (Å²) in [5.41, 5.74) is -0.167. The summed E-state index contributed by atoms with van der Waals surface area (Å²) in [6.07, 6.45) is 7.81. The van der Waals surface area contributed by atoms with E-state index in [-0.39, 0.29) is 53.0 Å². The summed E-state index contributed by atoms with van der Waals surface area (Å²) in [4.78, 5) is 31.5. The van der Waals surface area contributed by atoms with Gasteiger partial charge in [0.15, 0.2) is 0 Å². The number of hydrogen-bond donors (Lipinski definition) is 0. The molecule has 5 fully saturated rings. The molecule has 7 aliphatic rings. The van der Waals surface area contributed by atoms with E-state index >= 15 is 4.39 Å². The predicted octanol–water partition coefficient (Wildman–Crippen LogP) is 11.5. The first-order chi connectivity index (χ1) is 39.7. The van der Waals surface area contributed by atoms with Gasteiger partial charge < -0.3 is 4.74 Å². The molecule has 4 aliphatic heterocycles. The minimum atomic E-state index is -4.67. The van der Waals surface area contributed by atoms with E-state index < -0.39 is 40.7 Å². The number of pyridine rings is 2. The number of amidine groups is 1. The van der Waals surface area contributed by atoms with Gasteiger partial charge in [0, 0.05) is 57.5 Å². The predicted molar refractivity (Wildman–Crippen MR) is 295 cm³/mol. The highest BCUT2D eigenvalue weighted by Gasteiger charge is 2.48. The van der Waals surface area contributed by atoms with Gasteiger partial charge in [-0.05, 0) is 157 Å². The summed E-state index contributed by atoms with van der Waals surface area (Å²) < 4.78 is 114. The second-order valence-electron chi connectivity index (χ2n) is 23.1. The van der Waals surface area contributed by atoms with Gasteiger partial charge in [-0.15, -0.1) is 0 Å². The normalized spacial score (nSPS) is 21.0. The SMILES string of the molecule is CC.C[C@@H]1CN(Cc2cc(C(F)(F)F)c3cn(-c4cc(C#N)cc([C@H]([C]5N=NC=[N+]5C)C5CCC5)c4)c(=O)n3c2)CCO1.C[N+]1=C([C@@H](c2cc(F)cc(-n3cc4c(C(F)(F)F)cc(CN5CCC6(CC6)C5)cn4c3=O)c2)C2CCC2)N=N[CH]1. The van der Waals surface area contributed by atoms with Crippen molar-refractivity contribution >= 4 is 23.2 Å². The van der Waals surface area contributed by atoms with Gasteiger partial charge in [0.05, 0.1) is 94.0 Å². The molecule has 83 heavy (non-hydrogen) atoms. The van der Waals surface area contributed by atoms with E-state index in [0.717, 1.165) is 95.3 Å². The molecule has 0 unspecified atom stereocenters. The molecule has 0 amide bonds. The quantitative estimate of drug-likeness (QED) is 0.0880. The number of likely N-dealkylation sites (N-methyl/N-ethyl adjacent to an activating group) is 1. The molecule has 3 aliphatic carbocycles. The number of alkyl halides is 6. The Morgan fingerprint density at radius 1 is 0.723 bits per heavy atom. The van der Waals surface area contributed by atoms with Crippen LogP contribution in [0.5, 0.6) is 0 Å². The zero-order chi connectivity index (χ0) is 58.7. The number of fused-ring (bicyclic) bond motifs is 2. The van der Waals surface area contributed by atoms with Crippen LogP contribution in [-0.4, -0.2) is 102 Å². The lowest BCUT2D eigenvalue weighted by atomic mass is 9.71. The van der Waals surface area contributed by atoms with Crippen LogP contribution >= 0.6 is 0 Å². The van der Waals surface area contributed by atoms with Gasteiger partial charge in [0.1, 0.15) is 5.82 Å². The topological polar surface area (TPSA) is 148 Å². The average Bonchev–Trinajstić information content (AvgIpc) is 4.04. The van der Waals surface area contributed by atoms with E-state index in [4.69, 9.17) is 4.74 Å². The molecule has 0 bridgehead atoms. The summed E-state index contributed by atoms with van der Waals surface area (Å²) in [5, 5.41) is 26.5. The van der Waals surface area contributed by atoms with Crippen LogP contribution in [0.1, 0.15) is 129 Å². The molecule has 2 aromatic carbocycles. The lowest BCUT2D eigenvalue weighted by molar-refractivity contribution is -0.480. The highest BCUT2D eigenvalue weighted by molar-refractivity contribution is 5.86. The van der Waals surface area contributed by atoms with Crippen LogP contribution in [0.4, 0.5) is 30.7 Å². The molecule has 1 spiro atoms. The number of azo groups is 2. The Kier molecular flexibility index (Phi) is 15.8. The summed E-state index contributed by atoms with van der Waals surface area (Å²) >= 11 is 0. The number of benzene rings is 2. The minimum absolute atomic E-state index is 0.0229. The fraction of sp³-hybridized carbons (Fsp3) is 0.483. The Balaban J connectivity index is 0.000000169. The highest BCUT2D eigenvalue weighted by atomic mass is 19.4. The number of halogens is 7. The summed E-state index contributed by atoms with van der Waals surface area (Å²) in [7, 11) is 3.68. The average molecular weight is 1150 g/mol. The van der Waals surface area contributed by atoms with E-state index in [1.54, 1.807) is 35.8 Å². The van der Waals surface area contributed by atoms with Gasteiger partial charge in [-0.25, -0.2) is 23.1 Å². The van der Waals surface area contributed by atoms with E-state index in [1.807, 2.05) is 44.3 Å². The fourth-order valence-corrected chi connectivity index (χ4v) is 12.7. The molecule has 8 heterocycles. The van der Waals surface area contributed by atoms with Crippen molar-refractivity contribution in [2.45, 2.75) is 122 Å². The number of rotatable bonds is 12. The number of likely N-dealkylation sites (tertiary alicyclic amines) is 1. The molecule has 23 heteroatoms. The van der Waals surface area contributed by atoms with E-state index in [9.17, 15) is 41.2 Å². The molecular formula is C60H66F7N13O3+2. The number of morpholine rings is 1. The van der Waals surface area contributed by atoms with Crippen molar-refractivity contribution in [3.8, 4) is 17.4 Å². The number of aromatic nitrogens is 4. The standard InChI is InChI=1S/C29H30F4N6O.C29H30F3N7O2.C2H6/c1-36-17-34-35-26(36)25(19-3-2-4-19)20-10-21(30)12-22(11-20)38-15-24-23(29(31,32)33)9-18(14-39(24)27(38)40)13-37-8-7-28(16-37)5-6-28;1-18-13-37(6-7-41-18)14-20-10-24(29(30,31)32)25-16-38(28(40)39(25)15-20)23-9-19(12-33)8-22(11-23)26(21-4-3-5-21)27-35-34-17-36(27)2;1-2/h9-12,14-15,17,19,25H,2-8,13,16H2,1H3;8-11,15-18,21,26H,3-7,13-14H2,1-2H3;1-2H3/q2*+1;/t25-;18-,26-;/m11./s1. The van der Waals surface area contributed by atoms with Crippen LogP contribution < -0.4 is 11.4 Å². The fourth-order valence-electron chi connectivity index (χ4n) is 12.7. The highest BCUT2D eigenvalue weighted by Crippen LogP contribution is 2.53. The van der Waals surface area contributed by atoms with Crippen molar-refractivity contribution in [1.29, 1.82) is 5.26 Å². The Labute approximate surface area is 475 Å². The van der Waals surface area contributed by atoms with Gasteiger partial charge in [0.25, 0.3) is 6.67 Å². The first-order valence-electron chi connectivity index (χ1n) is 28.5. The van der Waals surface area contributed by atoms with E-state index in [2.05, 4.69) is 31.4 Å². The third kappa shape index (κ3) is 11.6. The third-order valence-corrected chi connectivity index (χ3v) is 17.4. The van der Waals surface area contributed by atoms with Crippen molar-refractivity contribution in [3.05, 3.63) is 152 Å². The Morgan fingerprint density at radius 3 is 1.80 bits per heavy atom. The van der Waals surface area contributed by atoms with Crippen LogP contribution in [0.2, 0.25) is 0 Å². The van der Waals surface area contributed by atoms with Crippen molar-refractivity contribution in [2.75, 3.05) is 46.9 Å². The number of imidazole rings is 2. The van der Waals surface area contributed by atoms with Crippen molar-refractivity contribution < 1.29 is 44.6 Å². The molecule has 0 N–H and O–H groups in total. The smallest absolute Gasteiger partial charge is 0.376 e. The second kappa shape index (κ2) is 22.8. The first-order valence-corrected chi connectivity index (χ1v) is 28.5. The maximum atomic E-state index is 15.1. The molecule has 16 nitrogen and oxygen atoms in total. The van der Waals surface area contributed by atoms with Crippen LogP contribution in [0, 0.1) is 47.2 Å². The van der Waals surface area contributed by atoms with Crippen molar-refractivity contribution in [2.24, 2.45) is 37.7 Å². The number of ether oxygens (including phenoxy) is 1. The van der Waals surface area contributed by atoms with Gasteiger partial charge in [-0.3, -0.25) is 27.7 Å². The lowest BCUT2D eigenvalue weighted by Crippen LogP contribution is -2.40. The number of nitriles is 1. The second-order valence-corrected chi connectivity index (χ2v) is 23.1. The van der Waals surface area contributed by atoms with Gasteiger partial charge >= 0.3 is 42.1 Å².